The van der Waals surface area contributed by atoms with Gasteiger partial charge in [0.1, 0.15) is 0 Å². The van der Waals surface area contributed by atoms with Gasteiger partial charge in [-0.25, -0.2) is 0 Å². The Kier molecular flexibility index (Phi) is 6.54. The maximum atomic E-state index is 12.5. The van der Waals surface area contributed by atoms with Crippen molar-refractivity contribution >= 4 is 11.8 Å². The van der Waals surface area contributed by atoms with Gasteiger partial charge in [0.2, 0.25) is 11.8 Å². The molecule has 1 aromatic rings. The molecule has 1 aliphatic carbocycles. The van der Waals surface area contributed by atoms with Gasteiger partial charge in [0.05, 0.1) is 12.3 Å². The lowest BCUT2D eigenvalue weighted by Gasteiger charge is -2.47. The third-order valence-corrected chi connectivity index (χ3v) is 5.95. The number of ether oxygens (including phenoxy) is 1. The maximum Gasteiger partial charge on any atom is 0.226 e. The zero-order chi connectivity index (χ0) is 20.1. The molecule has 1 saturated heterocycles. The number of nitrogens with zero attached hydrogens (tertiary/aromatic N) is 3. The second kappa shape index (κ2) is 8.90. The van der Waals surface area contributed by atoms with Crippen LogP contribution in [-0.2, 0) is 20.9 Å². The quantitative estimate of drug-likeness (QED) is 0.742. The van der Waals surface area contributed by atoms with Gasteiger partial charge in [0, 0.05) is 56.4 Å². The van der Waals surface area contributed by atoms with Crippen LogP contribution in [0.4, 0.5) is 0 Å². The molecule has 0 saturated carbocycles. The largest absolute Gasteiger partial charge is 0.383 e. The molecule has 2 aliphatic rings. The third-order valence-electron chi connectivity index (χ3n) is 5.95. The molecule has 2 amide bonds. The first-order chi connectivity index (χ1) is 13.4. The monoisotopic (exact) mass is 388 g/mol. The van der Waals surface area contributed by atoms with Gasteiger partial charge in [-0.2, -0.15) is 5.10 Å². The Balaban J connectivity index is 1.61. The van der Waals surface area contributed by atoms with E-state index in [1.807, 2.05) is 29.5 Å². The van der Waals surface area contributed by atoms with Crippen molar-refractivity contribution in [3.63, 3.8) is 0 Å². The van der Waals surface area contributed by atoms with E-state index in [2.05, 4.69) is 16.5 Å². The Morgan fingerprint density at radius 3 is 2.86 bits per heavy atom. The Labute approximate surface area is 167 Å². The Morgan fingerprint density at radius 1 is 1.32 bits per heavy atom. The highest BCUT2D eigenvalue weighted by Gasteiger charge is 2.44. The van der Waals surface area contributed by atoms with Gasteiger partial charge < -0.3 is 15.0 Å². The van der Waals surface area contributed by atoms with E-state index in [0.29, 0.717) is 39.1 Å². The number of amides is 2. The number of methoxy groups -OCH3 is 1. The van der Waals surface area contributed by atoms with Crippen LogP contribution in [0.2, 0.25) is 0 Å². The van der Waals surface area contributed by atoms with E-state index in [9.17, 15) is 9.59 Å². The molecule has 2 heterocycles. The molecule has 1 unspecified atom stereocenters. The van der Waals surface area contributed by atoms with Crippen molar-refractivity contribution in [3.05, 3.63) is 29.2 Å². The number of carbonyl (C=O) groups excluding carboxylic acids is 2. The molecule has 0 radical (unpaired) electrons. The fourth-order valence-electron chi connectivity index (χ4n) is 4.45. The van der Waals surface area contributed by atoms with Gasteiger partial charge in [0.15, 0.2) is 0 Å². The van der Waals surface area contributed by atoms with Gasteiger partial charge in [-0.3, -0.25) is 14.3 Å². The summed E-state index contributed by atoms with van der Waals surface area (Å²) in [6, 6.07) is 2.02. The molecule has 3 rings (SSSR count). The van der Waals surface area contributed by atoms with Crippen LogP contribution >= 0.6 is 0 Å². The second-order valence-corrected chi connectivity index (χ2v) is 7.98. The Bertz CT molecular complexity index is 755. The van der Waals surface area contributed by atoms with E-state index in [-0.39, 0.29) is 17.2 Å². The van der Waals surface area contributed by atoms with E-state index in [1.54, 1.807) is 7.11 Å². The fourth-order valence-corrected chi connectivity index (χ4v) is 4.45. The zero-order valence-electron chi connectivity index (χ0n) is 17.3. The van der Waals surface area contributed by atoms with Gasteiger partial charge in [0.25, 0.3) is 0 Å². The first kappa shape index (κ1) is 20.6. The topological polar surface area (TPSA) is 76.5 Å². The highest BCUT2D eigenvalue weighted by atomic mass is 16.5. The van der Waals surface area contributed by atoms with Crippen molar-refractivity contribution in [1.82, 2.24) is 20.0 Å². The number of nitrogens with one attached hydrogen (secondary N) is 1. The molecule has 0 aromatic carbocycles. The summed E-state index contributed by atoms with van der Waals surface area (Å²) < 4.78 is 7.07. The normalized spacial score (nSPS) is 22.0. The number of hydrogen-bond donors (Lipinski definition) is 1. The lowest BCUT2D eigenvalue weighted by atomic mass is 9.69. The lowest BCUT2D eigenvalue weighted by molar-refractivity contribution is -0.134. The van der Waals surface area contributed by atoms with Gasteiger partial charge in [-0.15, -0.1) is 0 Å². The van der Waals surface area contributed by atoms with Crippen LogP contribution < -0.4 is 5.32 Å². The third kappa shape index (κ3) is 4.46. The number of fused-ring (bicyclic) bond motifs is 1. The number of aryl methyl sites for hydroxylation is 3. The van der Waals surface area contributed by atoms with Crippen LogP contribution in [0.1, 0.15) is 49.9 Å². The van der Waals surface area contributed by atoms with E-state index < -0.39 is 0 Å². The fraction of sp³-hybridized carbons (Fsp3) is 0.667. The predicted molar refractivity (Wildman–Crippen MR) is 107 cm³/mol. The molecule has 7 nitrogen and oxygen atoms in total. The molecule has 1 fully saturated rings. The number of hydrogen-bond acceptors (Lipinski definition) is 4. The van der Waals surface area contributed by atoms with E-state index in [0.717, 1.165) is 42.8 Å². The number of carbonyl (C=O) groups is 2. The highest BCUT2D eigenvalue weighted by Crippen LogP contribution is 2.46. The van der Waals surface area contributed by atoms with Gasteiger partial charge in [-0.1, -0.05) is 6.08 Å². The first-order valence-electron chi connectivity index (χ1n) is 10.2. The van der Waals surface area contributed by atoms with Crippen LogP contribution in [0.15, 0.2) is 17.8 Å². The van der Waals surface area contributed by atoms with Crippen molar-refractivity contribution in [2.45, 2.75) is 58.9 Å². The molecule has 154 valence electrons. The molecule has 1 aliphatic heterocycles. The average Bonchev–Trinajstić information content (AvgIpc) is 3.01. The van der Waals surface area contributed by atoms with Crippen LogP contribution in [0.25, 0.3) is 0 Å². The van der Waals surface area contributed by atoms with Crippen molar-refractivity contribution < 1.29 is 14.3 Å². The average molecular weight is 389 g/mol. The summed E-state index contributed by atoms with van der Waals surface area (Å²) in [5.74, 6) is 0.198. The molecule has 28 heavy (non-hydrogen) atoms. The molecular weight excluding hydrogens is 356 g/mol. The minimum absolute atomic E-state index is 0.0344. The molecule has 0 spiro atoms. The van der Waals surface area contributed by atoms with Crippen molar-refractivity contribution in [1.29, 1.82) is 0 Å². The summed E-state index contributed by atoms with van der Waals surface area (Å²) in [7, 11) is 1.65. The van der Waals surface area contributed by atoms with Crippen molar-refractivity contribution in [2.24, 2.45) is 5.41 Å². The maximum absolute atomic E-state index is 12.5. The minimum atomic E-state index is -0.131. The standard InChI is InChI=1S/C21H32N4O3/c1-16-14-17(2)25(23-16)11-8-19(26)22-15-21-9-5-4-6-18(21)24(12-13-28-3)20(27)7-10-21/h6,14H,4-5,7-13,15H2,1-3H3,(H,22,26). The summed E-state index contributed by atoms with van der Waals surface area (Å²) >= 11 is 0. The van der Waals surface area contributed by atoms with Crippen LogP contribution in [0.3, 0.4) is 0 Å². The molecule has 7 heteroatoms. The predicted octanol–water partition coefficient (Wildman–Crippen LogP) is 2.33. The molecule has 1 aromatic heterocycles. The first-order valence-corrected chi connectivity index (χ1v) is 10.2. The van der Waals surface area contributed by atoms with Crippen molar-refractivity contribution in [2.75, 3.05) is 26.8 Å². The Hall–Kier alpha value is -2.15. The van der Waals surface area contributed by atoms with E-state index in [1.165, 1.54) is 0 Å². The van der Waals surface area contributed by atoms with E-state index in [4.69, 9.17) is 4.74 Å². The smallest absolute Gasteiger partial charge is 0.226 e. The lowest BCUT2D eigenvalue weighted by Crippen LogP contribution is -2.51. The van der Waals surface area contributed by atoms with Crippen LogP contribution in [0, 0.1) is 19.3 Å². The van der Waals surface area contributed by atoms with E-state index >= 15 is 0 Å². The highest BCUT2D eigenvalue weighted by molar-refractivity contribution is 5.80. The number of likely N-dealkylation sites (tertiary alicyclic amines) is 1. The summed E-state index contributed by atoms with van der Waals surface area (Å²) in [5, 5.41) is 7.56. The number of rotatable bonds is 8. The van der Waals surface area contributed by atoms with Crippen LogP contribution in [-0.4, -0.2) is 53.3 Å². The van der Waals surface area contributed by atoms with Gasteiger partial charge >= 0.3 is 0 Å². The number of piperidine rings is 1. The van der Waals surface area contributed by atoms with Crippen LogP contribution in [0.5, 0.6) is 0 Å². The molecular formula is C21H32N4O3. The van der Waals surface area contributed by atoms with Crippen molar-refractivity contribution in [3.8, 4) is 0 Å². The number of aromatic nitrogens is 2. The number of allylic oxidation sites excluding steroid dienone is 1. The summed E-state index contributed by atoms with van der Waals surface area (Å²) in [4.78, 5) is 26.8. The Morgan fingerprint density at radius 2 is 2.14 bits per heavy atom. The summed E-state index contributed by atoms with van der Waals surface area (Å²) in [6.07, 6.45) is 7.02. The minimum Gasteiger partial charge on any atom is -0.383 e. The second-order valence-electron chi connectivity index (χ2n) is 7.98. The molecule has 0 bridgehead atoms. The summed E-state index contributed by atoms with van der Waals surface area (Å²) in [6.45, 7) is 6.23. The van der Waals surface area contributed by atoms with Gasteiger partial charge in [-0.05, 0) is 45.6 Å². The molecule has 1 N–H and O–H groups in total. The molecule has 1 atom stereocenters. The summed E-state index contributed by atoms with van der Waals surface area (Å²) in [5.41, 5.74) is 3.00. The zero-order valence-corrected chi connectivity index (χ0v) is 17.3. The SMILES string of the molecule is COCCN1C(=O)CCC2(CNC(=O)CCn3nc(C)cc3C)CCCC=C12.